The van der Waals surface area contributed by atoms with Crippen molar-refractivity contribution in [3.05, 3.63) is 11.8 Å². The van der Waals surface area contributed by atoms with E-state index in [0.29, 0.717) is 5.89 Å². The first-order chi connectivity index (χ1) is 6.44. The maximum absolute atomic E-state index is 11.5. The molecular formula is C9H15N3O2. The summed E-state index contributed by atoms with van der Waals surface area (Å²) in [7, 11) is 0. The number of carbonyl (C=O) groups is 1. The highest BCUT2D eigenvalue weighted by molar-refractivity contribution is 5.89. The summed E-state index contributed by atoms with van der Waals surface area (Å²) in [6, 6.07) is 0. The summed E-state index contributed by atoms with van der Waals surface area (Å²) >= 11 is 0. The van der Waals surface area contributed by atoms with Gasteiger partial charge in [-0.25, -0.2) is 0 Å². The second kappa shape index (κ2) is 3.77. The van der Waals surface area contributed by atoms with E-state index in [-0.39, 0.29) is 17.3 Å². The van der Waals surface area contributed by atoms with E-state index in [4.69, 9.17) is 4.42 Å². The molecule has 0 unspecified atom stereocenters. The van der Waals surface area contributed by atoms with Gasteiger partial charge in [0.05, 0.1) is 0 Å². The number of hydrogen-bond acceptors (Lipinski definition) is 4. The largest absolute Gasteiger partial charge is 0.417 e. The van der Waals surface area contributed by atoms with Crippen LogP contribution in [0, 0.1) is 6.92 Å². The van der Waals surface area contributed by atoms with Gasteiger partial charge in [-0.1, -0.05) is 6.92 Å². The molecule has 1 aromatic heterocycles. The van der Waals surface area contributed by atoms with E-state index in [9.17, 15) is 4.79 Å². The van der Waals surface area contributed by atoms with Crippen molar-refractivity contribution in [1.29, 1.82) is 0 Å². The van der Waals surface area contributed by atoms with Crippen molar-refractivity contribution < 1.29 is 9.21 Å². The number of carbonyl (C=O) groups excluding carboxylic acids is 1. The minimum Gasteiger partial charge on any atom is -0.417 e. The Morgan fingerprint density at radius 2 is 2.14 bits per heavy atom. The summed E-state index contributed by atoms with van der Waals surface area (Å²) in [5.41, 5.74) is -0.251. The van der Waals surface area contributed by atoms with Crippen LogP contribution in [0.5, 0.6) is 0 Å². The highest BCUT2D eigenvalue weighted by Crippen LogP contribution is 2.08. The first-order valence-corrected chi connectivity index (χ1v) is 4.57. The van der Waals surface area contributed by atoms with E-state index >= 15 is 0 Å². The summed E-state index contributed by atoms with van der Waals surface area (Å²) in [5, 5.41) is 10.0. The molecular weight excluding hydrogens is 182 g/mol. The number of nitrogens with one attached hydrogen (secondary N) is 1. The van der Waals surface area contributed by atoms with Crippen LogP contribution in [-0.2, 0) is 0 Å². The fourth-order valence-electron chi connectivity index (χ4n) is 0.838. The molecule has 0 bridgehead atoms. The van der Waals surface area contributed by atoms with Gasteiger partial charge in [0.25, 0.3) is 0 Å². The fraction of sp³-hybridized carbons (Fsp3) is 0.667. The zero-order chi connectivity index (χ0) is 10.8. The molecule has 0 aliphatic rings. The molecule has 5 heteroatoms. The number of aromatic nitrogens is 2. The number of amides is 1. The van der Waals surface area contributed by atoms with Gasteiger partial charge in [-0.2, -0.15) is 0 Å². The van der Waals surface area contributed by atoms with Gasteiger partial charge in [-0.3, -0.25) is 4.79 Å². The lowest BCUT2D eigenvalue weighted by atomic mass is 10.0. The lowest BCUT2D eigenvalue weighted by Gasteiger charge is -2.23. The van der Waals surface area contributed by atoms with Crippen LogP contribution in [0.4, 0.5) is 0 Å². The van der Waals surface area contributed by atoms with Gasteiger partial charge in [-0.15, -0.1) is 10.2 Å². The molecule has 0 saturated heterocycles. The summed E-state index contributed by atoms with van der Waals surface area (Å²) in [5.74, 6) is 0.0888. The third-order valence-electron chi connectivity index (χ3n) is 2.06. The molecule has 0 fully saturated rings. The normalized spacial score (nSPS) is 11.4. The van der Waals surface area contributed by atoms with Crippen LogP contribution in [0.25, 0.3) is 0 Å². The summed E-state index contributed by atoms with van der Waals surface area (Å²) in [6.07, 6.45) is 0.839. The predicted molar refractivity (Wildman–Crippen MR) is 50.9 cm³/mol. The van der Waals surface area contributed by atoms with E-state index in [1.165, 1.54) is 0 Å². The van der Waals surface area contributed by atoms with Crippen LogP contribution in [0.1, 0.15) is 43.8 Å². The molecule has 0 radical (unpaired) electrons. The fourth-order valence-corrected chi connectivity index (χ4v) is 0.838. The molecule has 0 saturated carbocycles. The first kappa shape index (κ1) is 10.7. The van der Waals surface area contributed by atoms with Crippen molar-refractivity contribution in [2.45, 2.75) is 39.7 Å². The maximum atomic E-state index is 11.5. The molecule has 14 heavy (non-hydrogen) atoms. The Morgan fingerprint density at radius 3 is 2.57 bits per heavy atom. The Labute approximate surface area is 82.9 Å². The van der Waals surface area contributed by atoms with E-state index in [2.05, 4.69) is 15.5 Å². The van der Waals surface area contributed by atoms with E-state index in [1.807, 2.05) is 20.8 Å². The van der Waals surface area contributed by atoms with Crippen LogP contribution in [0.15, 0.2) is 4.42 Å². The molecule has 1 aromatic rings. The zero-order valence-electron chi connectivity index (χ0n) is 8.92. The molecule has 0 spiro atoms. The second-order valence-corrected chi connectivity index (χ2v) is 3.82. The zero-order valence-corrected chi connectivity index (χ0v) is 8.92. The molecule has 78 valence electrons. The number of nitrogens with zero attached hydrogens (tertiary/aromatic N) is 2. The number of aryl methyl sites for hydroxylation is 1. The summed E-state index contributed by atoms with van der Waals surface area (Å²) in [4.78, 5) is 11.5. The van der Waals surface area contributed by atoms with Crippen LogP contribution in [0.3, 0.4) is 0 Å². The van der Waals surface area contributed by atoms with E-state index in [0.717, 1.165) is 6.42 Å². The lowest BCUT2D eigenvalue weighted by Crippen LogP contribution is -2.42. The predicted octanol–water partition coefficient (Wildman–Crippen LogP) is 1.30. The highest BCUT2D eigenvalue weighted by atomic mass is 16.4. The first-order valence-electron chi connectivity index (χ1n) is 4.57. The maximum Gasteiger partial charge on any atom is 0.309 e. The smallest absolute Gasteiger partial charge is 0.309 e. The summed E-state index contributed by atoms with van der Waals surface area (Å²) in [6.45, 7) is 7.52. The Hall–Kier alpha value is -1.39. The van der Waals surface area contributed by atoms with E-state index < -0.39 is 0 Å². The highest BCUT2D eigenvalue weighted by Gasteiger charge is 2.22. The van der Waals surface area contributed by atoms with Gasteiger partial charge in [0.15, 0.2) is 0 Å². The quantitative estimate of drug-likeness (QED) is 0.792. The average molecular weight is 197 g/mol. The van der Waals surface area contributed by atoms with Crippen LogP contribution >= 0.6 is 0 Å². The minimum absolute atomic E-state index is 0.0176. The Bertz CT molecular complexity index is 331. The van der Waals surface area contributed by atoms with Crippen LogP contribution in [0.2, 0.25) is 0 Å². The number of rotatable bonds is 3. The molecule has 0 aromatic carbocycles. The third kappa shape index (κ3) is 2.55. The molecule has 0 atom stereocenters. The van der Waals surface area contributed by atoms with Crippen molar-refractivity contribution in [2.75, 3.05) is 0 Å². The Kier molecular flexibility index (Phi) is 2.88. The van der Waals surface area contributed by atoms with Crippen molar-refractivity contribution in [1.82, 2.24) is 15.5 Å². The molecule has 1 rings (SSSR count). The third-order valence-corrected chi connectivity index (χ3v) is 2.06. The second-order valence-electron chi connectivity index (χ2n) is 3.82. The van der Waals surface area contributed by atoms with Crippen molar-refractivity contribution in [2.24, 2.45) is 0 Å². The van der Waals surface area contributed by atoms with Crippen molar-refractivity contribution in [3.8, 4) is 0 Å². The molecule has 5 nitrogen and oxygen atoms in total. The van der Waals surface area contributed by atoms with Gasteiger partial charge in [0.1, 0.15) is 0 Å². The van der Waals surface area contributed by atoms with Gasteiger partial charge in [-0.05, 0) is 20.3 Å². The molecule has 1 amide bonds. The van der Waals surface area contributed by atoms with Gasteiger partial charge < -0.3 is 9.73 Å². The Balaban J connectivity index is 2.68. The minimum atomic E-state index is -0.322. The molecule has 0 aliphatic carbocycles. The summed E-state index contributed by atoms with van der Waals surface area (Å²) < 4.78 is 5.00. The topological polar surface area (TPSA) is 68.0 Å². The monoisotopic (exact) mass is 197 g/mol. The lowest BCUT2D eigenvalue weighted by molar-refractivity contribution is 0.0874. The Morgan fingerprint density at radius 1 is 1.50 bits per heavy atom. The van der Waals surface area contributed by atoms with Crippen molar-refractivity contribution in [3.63, 3.8) is 0 Å². The van der Waals surface area contributed by atoms with Gasteiger partial charge in [0, 0.05) is 12.5 Å². The number of hydrogen-bond donors (Lipinski definition) is 1. The van der Waals surface area contributed by atoms with Gasteiger partial charge in [0.2, 0.25) is 5.89 Å². The van der Waals surface area contributed by atoms with Crippen LogP contribution < -0.4 is 5.32 Å². The SMILES string of the molecule is CCC(C)(C)NC(=O)c1nnc(C)o1. The van der Waals surface area contributed by atoms with E-state index in [1.54, 1.807) is 6.92 Å². The molecule has 1 heterocycles. The average Bonchev–Trinajstić information content (AvgIpc) is 2.51. The standard InChI is InChI=1S/C9H15N3O2/c1-5-9(3,4)10-7(13)8-12-11-6(2)14-8/h5H2,1-4H3,(H,10,13). The molecule has 1 N–H and O–H groups in total. The molecule has 0 aliphatic heterocycles. The van der Waals surface area contributed by atoms with Gasteiger partial charge >= 0.3 is 11.8 Å². The van der Waals surface area contributed by atoms with Crippen LogP contribution in [-0.4, -0.2) is 21.6 Å². The van der Waals surface area contributed by atoms with Crippen molar-refractivity contribution >= 4 is 5.91 Å².